The molecule has 3 heterocycles. The van der Waals surface area contributed by atoms with Gasteiger partial charge in [-0.25, -0.2) is 4.98 Å². The number of hydrogen-bond donors (Lipinski definition) is 5. The van der Waals surface area contributed by atoms with Crippen LogP contribution in [0, 0.1) is 12.3 Å². The maximum atomic E-state index is 12.5. The molecule has 44 heavy (non-hydrogen) atoms. The van der Waals surface area contributed by atoms with Crippen LogP contribution >= 0.6 is 8.22 Å². The molecule has 0 amide bonds. The summed E-state index contributed by atoms with van der Waals surface area (Å²) in [5, 5.41) is 17.1. The van der Waals surface area contributed by atoms with E-state index in [4.69, 9.17) is 31.1 Å². The number of nitrogens with two attached hydrogens (primary N) is 1. The number of carbonyl (C=O) groups excluding carboxylic acids is 2. The lowest BCUT2D eigenvalue weighted by atomic mass is 10.1. The molecule has 4 unspecified atom stereocenters. The van der Waals surface area contributed by atoms with E-state index in [1.807, 2.05) is 27.7 Å². The van der Waals surface area contributed by atoms with Crippen LogP contribution in [0.2, 0.25) is 0 Å². The van der Waals surface area contributed by atoms with E-state index in [-0.39, 0.29) is 42.2 Å². The first kappa shape index (κ1) is 36.8. The average molecular weight is 638 g/mol. The van der Waals surface area contributed by atoms with Gasteiger partial charge < -0.3 is 29.8 Å². The van der Waals surface area contributed by atoms with E-state index in [2.05, 4.69) is 37.6 Å². The number of H-pyrrole nitrogens is 1. The Morgan fingerprint density at radius 2 is 1.98 bits per heavy atom. The Kier molecular flexibility index (Phi) is 14.9. The smallest absolute Gasteiger partial charge is 0.323 e. The molecule has 5 atom stereocenters. The van der Waals surface area contributed by atoms with E-state index < -0.39 is 49.9 Å². The van der Waals surface area contributed by atoms with Crippen molar-refractivity contribution in [1.82, 2.24) is 29.7 Å². The van der Waals surface area contributed by atoms with Crippen LogP contribution in [0.15, 0.2) is 23.3 Å². The molecule has 0 bridgehead atoms. The molecule has 2 aromatic rings. The summed E-state index contributed by atoms with van der Waals surface area (Å²) in [6, 6.07) is -0.750. The second kappa shape index (κ2) is 17.8. The van der Waals surface area contributed by atoms with Crippen LogP contribution in [0.1, 0.15) is 66.5 Å². The number of imidazole rings is 1. The van der Waals surface area contributed by atoms with Crippen molar-refractivity contribution in [2.24, 2.45) is 0 Å². The van der Waals surface area contributed by atoms with Crippen molar-refractivity contribution in [3.8, 4) is 12.3 Å². The number of terminal acetylenes is 1. The lowest BCUT2D eigenvalue weighted by Gasteiger charge is -2.29. The second-order valence-corrected chi connectivity index (χ2v) is 11.2. The summed E-state index contributed by atoms with van der Waals surface area (Å²) in [6.45, 7) is 13.9. The summed E-state index contributed by atoms with van der Waals surface area (Å²) >= 11 is 0. The third-order valence-electron chi connectivity index (χ3n) is 6.27. The minimum atomic E-state index is -1.91. The first-order chi connectivity index (χ1) is 21.1. The van der Waals surface area contributed by atoms with Crippen LogP contribution in [0.25, 0.3) is 11.2 Å². The molecular formula is C28H44N7O8P. The van der Waals surface area contributed by atoms with Gasteiger partial charge in [0, 0.05) is 5.57 Å². The Morgan fingerprint density at radius 1 is 1.32 bits per heavy atom. The number of aliphatic hydroxyl groups excluding tert-OH is 1. The third kappa shape index (κ3) is 9.31. The number of nitrogen functional groups attached to an aromatic ring is 1. The Morgan fingerprint density at radius 3 is 2.61 bits per heavy atom. The first-order valence-corrected chi connectivity index (χ1v) is 16.1. The maximum absolute atomic E-state index is 12.5. The van der Waals surface area contributed by atoms with Crippen molar-refractivity contribution in [3.05, 3.63) is 28.8 Å². The molecule has 0 saturated carbocycles. The van der Waals surface area contributed by atoms with Crippen LogP contribution in [0.5, 0.6) is 0 Å². The molecule has 1 aliphatic rings. The van der Waals surface area contributed by atoms with Gasteiger partial charge in [0.2, 0.25) is 5.95 Å². The molecule has 0 aromatic carbocycles. The van der Waals surface area contributed by atoms with Gasteiger partial charge in [-0.2, -0.15) is 4.98 Å². The number of esters is 2. The number of nitrogens with one attached hydrogen (secondary N) is 3. The van der Waals surface area contributed by atoms with E-state index in [0.717, 1.165) is 25.7 Å². The lowest BCUT2D eigenvalue weighted by Crippen LogP contribution is -2.39. The van der Waals surface area contributed by atoms with E-state index in [9.17, 15) is 19.5 Å². The zero-order chi connectivity index (χ0) is 32.9. The summed E-state index contributed by atoms with van der Waals surface area (Å²) in [5.74, 6) is -0.611. The standard InChI is InChI=1S/C26H38N7O8P.C2H6/c1-6-9-11-38-18(34)13-29-42(32-17(5)24(37)39-12-10-7-2)15-40-26(8-3)16(4)20(35)23(41-26)33-14-28-19-21(33)30-25(27)31-22(19)36;1-2/h3,14,17,20,23,29,32,35H,4,6-7,9-13,15H2,1-2,5H3,(H3,27,30,31,36);1-2H3/t17-,20?,23?,26?,42?;/m0./s1. The van der Waals surface area contributed by atoms with Gasteiger partial charge in [0.25, 0.3) is 11.3 Å². The highest BCUT2D eigenvalue weighted by Crippen LogP contribution is 2.43. The quantitative estimate of drug-likeness (QED) is 0.0588. The lowest BCUT2D eigenvalue weighted by molar-refractivity contribution is -0.181. The molecule has 1 saturated heterocycles. The maximum Gasteiger partial charge on any atom is 0.323 e. The summed E-state index contributed by atoms with van der Waals surface area (Å²) in [6.07, 6.45) is 7.52. The normalized spacial score (nSPS) is 20.8. The number of anilines is 1. The van der Waals surface area contributed by atoms with Crippen molar-refractivity contribution in [1.29, 1.82) is 0 Å². The fourth-order valence-corrected chi connectivity index (χ4v) is 5.33. The van der Waals surface area contributed by atoms with Crippen molar-refractivity contribution in [2.45, 2.75) is 84.5 Å². The van der Waals surface area contributed by atoms with Crippen molar-refractivity contribution in [3.63, 3.8) is 0 Å². The van der Waals surface area contributed by atoms with Crippen molar-refractivity contribution < 1.29 is 33.6 Å². The van der Waals surface area contributed by atoms with Gasteiger partial charge >= 0.3 is 11.9 Å². The third-order valence-corrected chi connectivity index (χ3v) is 7.89. The minimum Gasteiger partial charge on any atom is -0.465 e. The number of aromatic nitrogens is 4. The Bertz CT molecular complexity index is 1360. The van der Waals surface area contributed by atoms with Crippen molar-refractivity contribution >= 4 is 37.3 Å². The Hall–Kier alpha value is -3.38. The molecule has 6 N–H and O–H groups in total. The zero-order valence-electron chi connectivity index (χ0n) is 25.9. The van der Waals surface area contributed by atoms with E-state index in [1.54, 1.807) is 6.92 Å². The predicted molar refractivity (Wildman–Crippen MR) is 166 cm³/mol. The molecule has 244 valence electrons. The Labute approximate surface area is 258 Å². The number of fused-ring (bicyclic) bond motifs is 1. The van der Waals surface area contributed by atoms with Crippen LogP contribution in [-0.4, -0.2) is 80.6 Å². The largest absolute Gasteiger partial charge is 0.465 e. The van der Waals surface area contributed by atoms with Gasteiger partial charge in [-0.05, 0) is 25.7 Å². The number of nitrogens with zero attached hydrogens (tertiary/aromatic N) is 3. The van der Waals surface area contributed by atoms with Gasteiger partial charge in [-0.1, -0.05) is 47.1 Å². The second-order valence-electron chi connectivity index (χ2n) is 9.50. The molecule has 0 radical (unpaired) electrons. The molecule has 3 rings (SSSR count). The summed E-state index contributed by atoms with van der Waals surface area (Å²) in [4.78, 5) is 47.4. The number of aromatic amines is 1. The molecule has 15 nitrogen and oxygen atoms in total. The summed E-state index contributed by atoms with van der Waals surface area (Å²) in [5.41, 5.74) is 5.17. The number of rotatable bonds is 16. The minimum absolute atomic E-state index is 0.00983. The fourth-order valence-electron chi connectivity index (χ4n) is 3.86. The van der Waals surface area contributed by atoms with Gasteiger partial charge in [-0.3, -0.25) is 34.1 Å². The molecule has 0 aliphatic carbocycles. The van der Waals surface area contributed by atoms with Crippen LogP contribution in [-0.2, 0) is 28.5 Å². The molecule has 0 spiro atoms. The molecule has 16 heteroatoms. The number of carbonyl (C=O) groups is 2. The van der Waals surface area contributed by atoms with E-state index in [1.165, 1.54) is 10.9 Å². The number of aliphatic hydroxyl groups is 1. The number of ether oxygens (including phenoxy) is 4. The fraction of sp³-hybridized carbons (Fsp3) is 0.607. The monoisotopic (exact) mass is 637 g/mol. The van der Waals surface area contributed by atoms with Crippen LogP contribution in [0.4, 0.5) is 5.95 Å². The molecular weight excluding hydrogens is 593 g/mol. The number of hydrogen-bond acceptors (Lipinski definition) is 13. The molecule has 1 fully saturated rings. The summed E-state index contributed by atoms with van der Waals surface area (Å²) < 4.78 is 23.8. The highest BCUT2D eigenvalue weighted by molar-refractivity contribution is 7.53. The Balaban J connectivity index is 0.00000330. The first-order valence-electron chi connectivity index (χ1n) is 14.6. The highest BCUT2D eigenvalue weighted by atomic mass is 31.1. The summed E-state index contributed by atoms with van der Waals surface area (Å²) in [7, 11) is -1.60. The SMILES string of the molecule is C#CC1(OCP(NCC(=O)OCCCC)N[C@@H](C)C(=O)OCCCC)OC(n2cnc3c(=O)[nH]c(N)nc32)C(O)C1=C.CC. The highest BCUT2D eigenvalue weighted by Gasteiger charge is 2.51. The topological polar surface area (TPSA) is 205 Å². The van der Waals surface area contributed by atoms with Gasteiger partial charge in [0.15, 0.2) is 17.4 Å². The molecule has 2 aromatic heterocycles. The van der Waals surface area contributed by atoms with E-state index in [0.29, 0.717) is 6.61 Å². The average Bonchev–Trinajstić information content (AvgIpc) is 3.54. The van der Waals surface area contributed by atoms with Gasteiger partial charge in [0.1, 0.15) is 12.1 Å². The number of unbranched alkanes of at least 4 members (excludes halogenated alkanes) is 2. The molecule has 1 aliphatic heterocycles. The van der Waals surface area contributed by atoms with Gasteiger partial charge in [-0.15, -0.1) is 6.42 Å². The van der Waals surface area contributed by atoms with Gasteiger partial charge in [0.05, 0.1) is 40.7 Å². The van der Waals surface area contributed by atoms with Crippen LogP contribution in [0.3, 0.4) is 0 Å². The van der Waals surface area contributed by atoms with Crippen molar-refractivity contribution in [2.75, 3.05) is 31.8 Å². The van der Waals surface area contributed by atoms with Crippen LogP contribution < -0.4 is 21.5 Å². The predicted octanol–water partition coefficient (Wildman–Crippen LogP) is 2.04. The zero-order valence-corrected chi connectivity index (χ0v) is 26.8. The van der Waals surface area contributed by atoms with E-state index >= 15 is 0 Å².